The van der Waals surface area contributed by atoms with Gasteiger partial charge < -0.3 is 5.32 Å². The molecule has 1 N–H and O–H groups in total. The molecule has 0 heterocycles. The lowest BCUT2D eigenvalue weighted by molar-refractivity contribution is -0.121. The average molecular weight is 223 g/mol. The summed E-state index contributed by atoms with van der Waals surface area (Å²) in [5.41, 5.74) is 0. The van der Waals surface area contributed by atoms with E-state index in [1.165, 1.54) is 25.7 Å². The molecular weight excluding hydrogens is 198 g/mol. The number of carbonyl (C=O) groups is 1. The Morgan fingerprint density at radius 2 is 1.81 bits per heavy atom. The van der Waals surface area contributed by atoms with Crippen LogP contribution < -0.4 is 5.32 Å². The van der Waals surface area contributed by atoms with E-state index in [1.54, 1.807) is 0 Å². The van der Waals surface area contributed by atoms with E-state index in [-0.39, 0.29) is 6.04 Å². The minimum atomic E-state index is 0.137. The van der Waals surface area contributed by atoms with E-state index in [0.29, 0.717) is 12.2 Å². The number of Topliss-reactive ketones (excluding diaryl/α,β-unsaturated/α-hetero) is 1. The average Bonchev–Trinajstić information content (AvgIpc) is 2.26. The fourth-order valence-corrected chi connectivity index (χ4v) is 3.64. The Morgan fingerprint density at radius 1 is 1.19 bits per heavy atom. The van der Waals surface area contributed by atoms with Crippen LogP contribution in [0.15, 0.2) is 0 Å². The molecule has 2 nitrogen and oxygen atoms in total. The van der Waals surface area contributed by atoms with Crippen molar-refractivity contribution in [2.24, 2.45) is 17.8 Å². The van der Waals surface area contributed by atoms with Gasteiger partial charge in [-0.05, 0) is 56.4 Å². The minimum Gasteiger partial charge on any atom is -0.308 e. The molecule has 2 bridgehead atoms. The van der Waals surface area contributed by atoms with Crippen molar-refractivity contribution in [3.63, 3.8) is 0 Å². The summed E-state index contributed by atoms with van der Waals surface area (Å²) in [4.78, 5) is 11.8. The van der Waals surface area contributed by atoms with Crippen molar-refractivity contribution in [2.45, 2.75) is 58.4 Å². The Hall–Kier alpha value is -0.370. The van der Waals surface area contributed by atoms with Crippen molar-refractivity contribution in [1.82, 2.24) is 5.32 Å². The molecule has 3 aliphatic carbocycles. The highest BCUT2D eigenvalue weighted by atomic mass is 16.1. The van der Waals surface area contributed by atoms with Crippen LogP contribution in [-0.2, 0) is 4.79 Å². The van der Waals surface area contributed by atoms with Crippen LogP contribution in [0.1, 0.15) is 52.4 Å². The van der Waals surface area contributed by atoms with Crippen molar-refractivity contribution in [3.05, 3.63) is 0 Å². The maximum absolute atomic E-state index is 11.8. The molecule has 0 aromatic rings. The third kappa shape index (κ3) is 2.65. The van der Waals surface area contributed by atoms with E-state index in [9.17, 15) is 4.79 Å². The third-order valence-corrected chi connectivity index (χ3v) is 4.42. The monoisotopic (exact) mass is 223 g/mol. The normalized spacial score (nSPS) is 34.2. The van der Waals surface area contributed by atoms with Crippen molar-refractivity contribution < 1.29 is 4.79 Å². The van der Waals surface area contributed by atoms with Crippen molar-refractivity contribution in [3.8, 4) is 0 Å². The largest absolute Gasteiger partial charge is 0.308 e. The van der Waals surface area contributed by atoms with Crippen LogP contribution in [0.4, 0.5) is 0 Å². The van der Waals surface area contributed by atoms with Gasteiger partial charge in [-0.3, -0.25) is 4.79 Å². The number of fused-ring (bicyclic) bond motifs is 2. The lowest BCUT2D eigenvalue weighted by Gasteiger charge is -2.46. The number of carbonyl (C=O) groups excluding carboxylic acids is 1. The van der Waals surface area contributed by atoms with Crippen molar-refractivity contribution >= 4 is 5.78 Å². The predicted octanol–water partition coefficient (Wildman–Crippen LogP) is 2.77. The summed E-state index contributed by atoms with van der Waals surface area (Å²) in [6.45, 7) is 4.98. The van der Waals surface area contributed by atoms with E-state index in [4.69, 9.17) is 0 Å². The first-order chi connectivity index (χ1) is 7.72. The van der Waals surface area contributed by atoms with Crippen LogP contribution >= 0.6 is 0 Å². The number of nitrogens with one attached hydrogen (secondary N) is 1. The van der Waals surface area contributed by atoms with Crippen LogP contribution in [-0.4, -0.2) is 18.4 Å². The van der Waals surface area contributed by atoms with Gasteiger partial charge in [0, 0.05) is 6.42 Å². The standard InChI is InChI=1S/C14H25NO/c1-3-14(16)13(15-4-2)9-12-7-10-5-11(6-10)8-12/h10-13,15H,3-9H2,1-2H3. The maximum Gasteiger partial charge on any atom is 0.149 e. The number of likely N-dealkylation sites (N-methyl/N-ethyl adjacent to an activating group) is 1. The van der Waals surface area contributed by atoms with Gasteiger partial charge in [0.05, 0.1) is 6.04 Å². The van der Waals surface area contributed by atoms with Crippen LogP contribution in [0.3, 0.4) is 0 Å². The molecule has 0 spiro atoms. The van der Waals surface area contributed by atoms with Crippen molar-refractivity contribution in [2.75, 3.05) is 6.54 Å². The second kappa shape index (κ2) is 5.31. The summed E-state index contributed by atoms with van der Waals surface area (Å²) in [6, 6.07) is 0.137. The van der Waals surface area contributed by atoms with Gasteiger partial charge in [0.1, 0.15) is 5.78 Å². The molecule has 0 radical (unpaired) electrons. The molecule has 3 aliphatic rings. The molecule has 0 aromatic heterocycles. The van der Waals surface area contributed by atoms with Crippen LogP contribution in [0.25, 0.3) is 0 Å². The molecule has 0 aliphatic heterocycles. The predicted molar refractivity (Wildman–Crippen MR) is 66.3 cm³/mol. The minimum absolute atomic E-state index is 0.137. The zero-order valence-electron chi connectivity index (χ0n) is 10.7. The molecule has 0 amide bonds. The summed E-state index contributed by atoms with van der Waals surface area (Å²) in [5.74, 6) is 3.23. The second-order valence-corrected chi connectivity index (χ2v) is 5.71. The molecule has 16 heavy (non-hydrogen) atoms. The van der Waals surface area contributed by atoms with Crippen molar-refractivity contribution in [1.29, 1.82) is 0 Å². The lowest BCUT2D eigenvalue weighted by atomic mass is 9.60. The van der Waals surface area contributed by atoms with Crippen LogP contribution in [0.5, 0.6) is 0 Å². The first-order valence-electron chi connectivity index (χ1n) is 6.99. The first kappa shape index (κ1) is 12.1. The molecule has 3 fully saturated rings. The van der Waals surface area contributed by atoms with Gasteiger partial charge in [-0.25, -0.2) is 0 Å². The van der Waals surface area contributed by atoms with Gasteiger partial charge in [0.2, 0.25) is 0 Å². The van der Waals surface area contributed by atoms with Crippen LogP contribution in [0.2, 0.25) is 0 Å². The van der Waals surface area contributed by atoms with Gasteiger partial charge in [-0.2, -0.15) is 0 Å². The van der Waals surface area contributed by atoms with E-state index < -0.39 is 0 Å². The number of hydrogen-bond donors (Lipinski definition) is 1. The first-order valence-corrected chi connectivity index (χ1v) is 6.99. The second-order valence-electron chi connectivity index (χ2n) is 5.71. The summed E-state index contributed by atoms with van der Waals surface area (Å²) >= 11 is 0. The number of hydrogen-bond acceptors (Lipinski definition) is 2. The molecule has 2 heteroatoms. The quantitative estimate of drug-likeness (QED) is 0.750. The lowest BCUT2D eigenvalue weighted by Crippen LogP contribution is -2.41. The zero-order chi connectivity index (χ0) is 11.5. The summed E-state index contributed by atoms with van der Waals surface area (Å²) in [5, 5.41) is 3.36. The Balaban J connectivity index is 1.82. The maximum atomic E-state index is 11.8. The van der Waals surface area contributed by atoms with Gasteiger partial charge in [0.15, 0.2) is 0 Å². The molecule has 0 saturated heterocycles. The third-order valence-electron chi connectivity index (χ3n) is 4.42. The molecule has 3 saturated carbocycles. The van der Waals surface area contributed by atoms with E-state index in [0.717, 1.165) is 30.7 Å². The van der Waals surface area contributed by atoms with Gasteiger partial charge in [-0.1, -0.05) is 13.8 Å². The van der Waals surface area contributed by atoms with E-state index in [2.05, 4.69) is 12.2 Å². The molecule has 0 aromatic carbocycles. The zero-order valence-corrected chi connectivity index (χ0v) is 10.7. The van der Waals surface area contributed by atoms with E-state index in [1.807, 2.05) is 6.92 Å². The highest BCUT2D eigenvalue weighted by Crippen LogP contribution is 2.49. The van der Waals surface area contributed by atoms with Gasteiger partial charge in [-0.15, -0.1) is 0 Å². The highest BCUT2D eigenvalue weighted by molar-refractivity contribution is 5.83. The molecule has 1 unspecified atom stereocenters. The van der Waals surface area contributed by atoms with Gasteiger partial charge in [0.25, 0.3) is 0 Å². The number of ketones is 1. The molecule has 92 valence electrons. The van der Waals surface area contributed by atoms with E-state index >= 15 is 0 Å². The Labute approximate surface area is 99.2 Å². The summed E-state index contributed by atoms with van der Waals surface area (Å²) in [7, 11) is 0. The highest BCUT2D eigenvalue weighted by Gasteiger charge is 2.38. The molecular formula is C14H25NO. The fourth-order valence-electron chi connectivity index (χ4n) is 3.64. The SMILES string of the molecule is CCNC(CC1CC2CC(C2)C1)C(=O)CC. The Bertz CT molecular complexity index is 235. The van der Waals surface area contributed by atoms with Crippen LogP contribution in [0, 0.1) is 17.8 Å². The number of rotatable bonds is 6. The topological polar surface area (TPSA) is 29.1 Å². The Morgan fingerprint density at radius 3 is 2.31 bits per heavy atom. The Kier molecular flexibility index (Phi) is 4.01. The van der Waals surface area contributed by atoms with Gasteiger partial charge >= 0.3 is 0 Å². The fraction of sp³-hybridized carbons (Fsp3) is 0.929. The molecule has 1 atom stereocenters. The summed E-state index contributed by atoms with van der Waals surface area (Å²) in [6.07, 6.45) is 7.49. The molecule has 3 rings (SSSR count). The summed E-state index contributed by atoms with van der Waals surface area (Å²) < 4.78 is 0. The smallest absolute Gasteiger partial charge is 0.149 e.